The third-order valence-corrected chi connectivity index (χ3v) is 2.38. The Morgan fingerprint density at radius 3 is 2.71 bits per heavy atom. The molecule has 1 aromatic rings. The number of ether oxygens (including phenoxy) is 2. The highest BCUT2D eigenvalue weighted by Gasteiger charge is 2.09. The molecule has 0 aromatic carbocycles. The summed E-state index contributed by atoms with van der Waals surface area (Å²) in [6.45, 7) is 4.66. The lowest BCUT2D eigenvalue weighted by molar-refractivity contribution is 0.182. The summed E-state index contributed by atoms with van der Waals surface area (Å²) in [5, 5.41) is 3.34. The SMILES string of the molecule is CCCC(COC)Nc1cc(OC)nc(C)n1. The van der Waals surface area contributed by atoms with Gasteiger partial charge in [0.15, 0.2) is 0 Å². The molecule has 1 rings (SSSR count). The zero-order valence-electron chi connectivity index (χ0n) is 11.0. The quantitative estimate of drug-likeness (QED) is 0.789. The van der Waals surface area contributed by atoms with Gasteiger partial charge in [0.05, 0.1) is 19.8 Å². The first-order valence-electron chi connectivity index (χ1n) is 5.84. The molecule has 1 heterocycles. The van der Waals surface area contributed by atoms with E-state index in [0.29, 0.717) is 18.3 Å². The number of nitrogens with one attached hydrogen (secondary N) is 1. The van der Waals surface area contributed by atoms with Crippen molar-refractivity contribution in [3.8, 4) is 5.88 Å². The fourth-order valence-corrected chi connectivity index (χ4v) is 1.67. The number of aryl methyl sites for hydroxylation is 1. The van der Waals surface area contributed by atoms with Crippen molar-refractivity contribution in [1.29, 1.82) is 0 Å². The summed E-state index contributed by atoms with van der Waals surface area (Å²) in [6.07, 6.45) is 2.14. The number of anilines is 1. The predicted molar refractivity (Wildman–Crippen MR) is 67.5 cm³/mol. The zero-order valence-corrected chi connectivity index (χ0v) is 11.0. The van der Waals surface area contributed by atoms with E-state index < -0.39 is 0 Å². The standard InChI is InChI=1S/C12H21N3O2/c1-5-6-10(8-16-3)15-11-7-12(17-4)14-9(2)13-11/h7,10H,5-6,8H2,1-4H3,(H,13,14,15). The summed E-state index contributed by atoms with van der Waals surface area (Å²) in [5.41, 5.74) is 0. The van der Waals surface area contributed by atoms with E-state index in [1.165, 1.54) is 0 Å². The van der Waals surface area contributed by atoms with Crippen LogP contribution in [0.3, 0.4) is 0 Å². The van der Waals surface area contributed by atoms with E-state index in [1.807, 2.05) is 6.92 Å². The molecule has 1 N–H and O–H groups in total. The van der Waals surface area contributed by atoms with E-state index in [0.717, 1.165) is 18.7 Å². The Kier molecular flexibility index (Phi) is 5.69. The van der Waals surface area contributed by atoms with Crippen LogP contribution in [-0.2, 0) is 4.74 Å². The van der Waals surface area contributed by atoms with Gasteiger partial charge in [-0.15, -0.1) is 0 Å². The number of hydrogen-bond acceptors (Lipinski definition) is 5. The van der Waals surface area contributed by atoms with Gasteiger partial charge in [0.25, 0.3) is 0 Å². The highest BCUT2D eigenvalue weighted by molar-refractivity contribution is 5.39. The lowest BCUT2D eigenvalue weighted by Crippen LogP contribution is -2.25. The Morgan fingerprint density at radius 2 is 2.12 bits per heavy atom. The van der Waals surface area contributed by atoms with Crippen molar-refractivity contribution in [2.45, 2.75) is 32.7 Å². The van der Waals surface area contributed by atoms with Gasteiger partial charge in [-0.3, -0.25) is 0 Å². The molecule has 0 radical (unpaired) electrons. The van der Waals surface area contributed by atoms with Crippen molar-refractivity contribution < 1.29 is 9.47 Å². The van der Waals surface area contributed by atoms with Gasteiger partial charge in [0.1, 0.15) is 11.6 Å². The van der Waals surface area contributed by atoms with Crippen LogP contribution in [0.1, 0.15) is 25.6 Å². The van der Waals surface area contributed by atoms with Crippen LogP contribution in [0.4, 0.5) is 5.82 Å². The first-order chi connectivity index (χ1) is 8.19. The van der Waals surface area contributed by atoms with Crippen LogP contribution < -0.4 is 10.1 Å². The molecule has 96 valence electrons. The topological polar surface area (TPSA) is 56.3 Å². The van der Waals surface area contributed by atoms with Crippen LogP contribution in [-0.4, -0.2) is 36.8 Å². The molecule has 5 heteroatoms. The summed E-state index contributed by atoms with van der Waals surface area (Å²) in [4.78, 5) is 8.48. The Balaban J connectivity index is 2.73. The summed E-state index contributed by atoms with van der Waals surface area (Å²) < 4.78 is 10.3. The third kappa shape index (κ3) is 4.56. The van der Waals surface area contributed by atoms with E-state index in [-0.39, 0.29) is 6.04 Å². The Morgan fingerprint density at radius 1 is 1.35 bits per heavy atom. The molecule has 0 aliphatic heterocycles. The van der Waals surface area contributed by atoms with E-state index >= 15 is 0 Å². The lowest BCUT2D eigenvalue weighted by Gasteiger charge is -2.18. The summed E-state index contributed by atoms with van der Waals surface area (Å²) in [6, 6.07) is 2.06. The minimum Gasteiger partial charge on any atom is -0.481 e. The first-order valence-corrected chi connectivity index (χ1v) is 5.84. The molecule has 0 bridgehead atoms. The molecule has 0 fully saturated rings. The Labute approximate surface area is 103 Å². The van der Waals surface area contributed by atoms with Gasteiger partial charge >= 0.3 is 0 Å². The number of hydrogen-bond donors (Lipinski definition) is 1. The molecular weight excluding hydrogens is 218 g/mol. The fraction of sp³-hybridized carbons (Fsp3) is 0.667. The minimum absolute atomic E-state index is 0.268. The average molecular weight is 239 g/mol. The normalized spacial score (nSPS) is 12.2. The highest BCUT2D eigenvalue weighted by atomic mass is 16.5. The van der Waals surface area contributed by atoms with Gasteiger partial charge in [-0.05, 0) is 13.3 Å². The molecule has 1 atom stereocenters. The zero-order chi connectivity index (χ0) is 12.7. The number of rotatable bonds is 7. The largest absolute Gasteiger partial charge is 0.481 e. The van der Waals surface area contributed by atoms with Crippen molar-refractivity contribution in [2.24, 2.45) is 0 Å². The van der Waals surface area contributed by atoms with Crippen LogP contribution in [0.2, 0.25) is 0 Å². The van der Waals surface area contributed by atoms with Crippen molar-refractivity contribution >= 4 is 5.82 Å². The molecular formula is C12H21N3O2. The van der Waals surface area contributed by atoms with Gasteiger partial charge in [0, 0.05) is 13.2 Å². The lowest BCUT2D eigenvalue weighted by atomic mass is 10.2. The van der Waals surface area contributed by atoms with Crippen molar-refractivity contribution in [2.75, 3.05) is 26.1 Å². The van der Waals surface area contributed by atoms with Crippen LogP contribution in [0, 0.1) is 6.92 Å². The maximum Gasteiger partial charge on any atom is 0.218 e. The van der Waals surface area contributed by atoms with Gasteiger partial charge in [-0.25, -0.2) is 4.98 Å². The first kappa shape index (κ1) is 13.7. The van der Waals surface area contributed by atoms with E-state index in [2.05, 4.69) is 22.2 Å². The second-order valence-corrected chi connectivity index (χ2v) is 3.93. The van der Waals surface area contributed by atoms with Crippen molar-refractivity contribution in [1.82, 2.24) is 9.97 Å². The van der Waals surface area contributed by atoms with E-state index in [1.54, 1.807) is 20.3 Å². The molecule has 0 saturated heterocycles. The molecule has 1 unspecified atom stereocenters. The van der Waals surface area contributed by atoms with E-state index in [4.69, 9.17) is 9.47 Å². The smallest absolute Gasteiger partial charge is 0.218 e. The molecule has 0 aliphatic rings. The third-order valence-electron chi connectivity index (χ3n) is 2.38. The van der Waals surface area contributed by atoms with Gasteiger partial charge in [-0.2, -0.15) is 4.98 Å². The second-order valence-electron chi connectivity index (χ2n) is 3.93. The monoisotopic (exact) mass is 239 g/mol. The maximum absolute atomic E-state index is 5.18. The number of aromatic nitrogens is 2. The van der Waals surface area contributed by atoms with Gasteiger partial charge in [-0.1, -0.05) is 13.3 Å². The highest BCUT2D eigenvalue weighted by Crippen LogP contribution is 2.14. The second kappa shape index (κ2) is 7.06. The Hall–Kier alpha value is -1.36. The van der Waals surface area contributed by atoms with Crippen LogP contribution in [0.15, 0.2) is 6.07 Å². The predicted octanol–water partition coefficient (Wildman–Crippen LogP) is 2.02. The number of methoxy groups -OCH3 is 2. The van der Waals surface area contributed by atoms with Gasteiger partial charge in [0.2, 0.25) is 5.88 Å². The minimum atomic E-state index is 0.268. The Bertz CT molecular complexity index is 339. The fourth-order valence-electron chi connectivity index (χ4n) is 1.67. The molecule has 17 heavy (non-hydrogen) atoms. The summed E-state index contributed by atoms with van der Waals surface area (Å²) >= 11 is 0. The maximum atomic E-state index is 5.18. The summed E-state index contributed by atoms with van der Waals surface area (Å²) in [7, 11) is 3.31. The van der Waals surface area contributed by atoms with Gasteiger partial charge < -0.3 is 14.8 Å². The number of nitrogens with zero attached hydrogens (tertiary/aromatic N) is 2. The molecule has 0 amide bonds. The molecule has 5 nitrogen and oxygen atoms in total. The van der Waals surface area contributed by atoms with Crippen molar-refractivity contribution in [3.05, 3.63) is 11.9 Å². The van der Waals surface area contributed by atoms with Crippen molar-refractivity contribution in [3.63, 3.8) is 0 Å². The average Bonchev–Trinajstić information content (AvgIpc) is 2.29. The molecule has 1 aromatic heterocycles. The van der Waals surface area contributed by atoms with Crippen LogP contribution in [0.5, 0.6) is 5.88 Å². The van der Waals surface area contributed by atoms with Crippen LogP contribution in [0.25, 0.3) is 0 Å². The molecule has 0 spiro atoms. The van der Waals surface area contributed by atoms with E-state index in [9.17, 15) is 0 Å². The molecule has 0 aliphatic carbocycles. The molecule has 0 saturated carbocycles. The summed E-state index contributed by atoms with van der Waals surface area (Å²) in [5.74, 6) is 2.05. The van der Waals surface area contributed by atoms with Crippen LogP contribution >= 0.6 is 0 Å².